The first-order valence-electron chi connectivity index (χ1n) is 6.46. The van der Waals surface area contributed by atoms with Gasteiger partial charge in [-0.1, -0.05) is 17.7 Å². The maximum atomic E-state index is 5.91. The van der Waals surface area contributed by atoms with Crippen LogP contribution < -0.4 is 4.90 Å². The molecular formula is C14H18ClN3O2S. The molecule has 2 rings (SSSR count). The van der Waals surface area contributed by atoms with E-state index in [0.29, 0.717) is 17.6 Å². The molecule has 0 radical (unpaired) electrons. The molecule has 0 fully saturated rings. The van der Waals surface area contributed by atoms with Gasteiger partial charge in [0.2, 0.25) is 0 Å². The fourth-order valence-electron chi connectivity index (χ4n) is 2.00. The van der Waals surface area contributed by atoms with Crippen LogP contribution in [0.2, 0.25) is 4.47 Å². The highest BCUT2D eigenvalue weighted by Gasteiger charge is 2.17. The summed E-state index contributed by atoms with van der Waals surface area (Å²) in [5.41, 5.74) is 1.10. The Kier molecular flexibility index (Phi) is 5.93. The van der Waals surface area contributed by atoms with Crippen LogP contribution in [0.3, 0.4) is 0 Å². The second-order valence-corrected chi connectivity index (χ2v) is 6.20. The number of halogens is 1. The van der Waals surface area contributed by atoms with Crippen LogP contribution in [0.1, 0.15) is 10.4 Å². The van der Waals surface area contributed by atoms with Gasteiger partial charge < -0.3 is 14.4 Å². The lowest BCUT2D eigenvalue weighted by molar-refractivity contribution is -0.0951. The summed E-state index contributed by atoms with van der Waals surface area (Å²) < 4.78 is 11.1. The zero-order valence-electron chi connectivity index (χ0n) is 12.2. The van der Waals surface area contributed by atoms with Crippen molar-refractivity contribution >= 4 is 28.8 Å². The van der Waals surface area contributed by atoms with E-state index in [-0.39, 0.29) is 6.29 Å². The van der Waals surface area contributed by atoms with Gasteiger partial charge in [-0.15, -0.1) is 11.3 Å². The van der Waals surface area contributed by atoms with Crippen LogP contribution in [-0.4, -0.2) is 37.0 Å². The highest BCUT2D eigenvalue weighted by atomic mass is 35.5. The van der Waals surface area contributed by atoms with Gasteiger partial charge >= 0.3 is 0 Å². The monoisotopic (exact) mass is 327 g/mol. The number of hydrogen-bond donors (Lipinski definition) is 0. The van der Waals surface area contributed by atoms with Gasteiger partial charge in [0.1, 0.15) is 5.82 Å². The van der Waals surface area contributed by atoms with Crippen LogP contribution >= 0.6 is 22.9 Å². The number of thiazole rings is 1. The first-order valence-corrected chi connectivity index (χ1v) is 7.66. The molecule has 0 atom stereocenters. The van der Waals surface area contributed by atoms with Crippen LogP contribution in [0.4, 0.5) is 5.82 Å². The molecule has 2 heterocycles. The molecule has 0 N–H and O–H groups in total. The lowest BCUT2D eigenvalue weighted by atomic mass is 10.2. The van der Waals surface area contributed by atoms with E-state index in [9.17, 15) is 0 Å². The maximum absolute atomic E-state index is 5.91. The number of hydrogen-bond acceptors (Lipinski definition) is 6. The maximum Gasteiger partial charge on any atom is 0.183 e. The Morgan fingerprint density at radius 2 is 2.10 bits per heavy atom. The molecule has 0 saturated carbocycles. The highest BCUT2D eigenvalue weighted by Crippen LogP contribution is 2.24. The summed E-state index contributed by atoms with van der Waals surface area (Å²) in [6.45, 7) is 3.26. The van der Waals surface area contributed by atoms with Gasteiger partial charge in [0.05, 0.1) is 13.1 Å². The Bertz CT molecular complexity index is 575. The van der Waals surface area contributed by atoms with Gasteiger partial charge in [-0.05, 0) is 18.6 Å². The number of aromatic nitrogens is 2. The quantitative estimate of drug-likeness (QED) is 0.731. The van der Waals surface area contributed by atoms with Crippen LogP contribution in [-0.2, 0) is 16.0 Å². The molecule has 0 unspecified atom stereocenters. The van der Waals surface area contributed by atoms with Crippen molar-refractivity contribution in [2.45, 2.75) is 19.8 Å². The topological polar surface area (TPSA) is 47.5 Å². The second kappa shape index (κ2) is 7.70. The van der Waals surface area contributed by atoms with Crippen molar-refractivity contribution in [1.29, 1.82) is 0 Å². The zero-order chi connectivity index (χ0) is 15.2. The van der Waals surface area contributed by atoms with Gasteiger partial charge in [-0.3, -0.25) is 0 Å². The van der Waals surface area contributed by atoms with Crippen molar-refractivity contribution in [3.8, 4) is 0 Å². The molecule has 0 bridgehead atoms. The Morgan fingerprint density at radius 3 is 2.67 bits per heavy atom. The molecule has 0 spiro atoms. The van der Waals surface area contributed by atoms with Crippen LogP contribution in [0.5, 0.6) is 0 Å². The molecular weight excluding hydrogens is 310 g/mol. The molecule has 0 saturated heterocycles. The van der Waals surface area contributed by atoms with Crippen LogP contribution in [0.25, 0.3) is 0 Å². The normalized spacial score (nSPS) is 11.1. The first kappa shape index (κ1) is 16.2. The minimum absolute atomic E-state index is 0.324. The van der Waals surface area contributed by atoms with E-state index >= 15 is 0 Å². The predicted octanol–water partition coefficient (Wildman–Crippen LogP) is 3.13. The second-order valence-electron chi connectivity index (χ2n) is 4.50. The lowest BCUT2D eigenvalue weighted by Crippen LogP contribution is -2.35. The van der Waals surface area contributed by atoms with Gasteiger partial charge in [-0.2, -0.15) is 0 Å². The summed E-state index contributed by atoms with van der Waals surface area (Å²) in [6.07, 6.45) is 3.24. The summed E-state index contributed by atoms with van der Waals surface area (Å²) in [5.74, 6) is 0.904. The van der Waals surface area contributed by atoms with E-state index in [1.54, 1.807) is 26.6 Å². The summed E-state index contributed by atoms with van der Waals surface area (Å²) in [4.78, 5) is 11.7. The fraction of sp³-hybridized carbons (Fsp3) is 0.429. The van der Waals surface area contributed by atoms with Crippen molar-refractivity contribution in [2.75, 3.05) is 25.7 Å². The minimum atomic E-state index is -0.324. The molecule has 7 heteroatoms. The molecule has 2 aromatic rings. The van der Waals surface area contributed by atoms with Gasteiger partial charge in [0.15, 0.2) is 10.8 Å². The number of aryl methyl sites for hydroxylation is 1. The molecule has 2 aromatic heterocycles. The van der Waals surface area contributed by atoms with E-state index in [1.165, 1.54) is 11.3 Å². The largest absolute Gasteiger partial charge is 0.354 e. The van der Waals surface area contributed by atoms with Crippen molar-refractivity contribution < 1.29 is 9.47 Å². The predicted molar refractivity (Wildman–Crippen MR) is 85.0 cm³/mol. The van der Waals surface area contributed by atoms with Gasteiger partial charge in [0.25, 0.3) is 0 Å². The number of rotatable bonds is 7. The third-order valence-corrected chi connectivity index (χ3v) is 4.15. The van der Waals surface area contributed by atoms with Gasteiger partial charge in [0, 0.05) is 31.5 Å². The fourth-order valence-corrected chi connectivity index (χ4v) is 3.00. The van der Waals surface area contributed by atoms with Gasteiger partial charge in [-0.25, -0.2) is 9.97 Å². The van der Waals surface area contributed by atoms with E-state index in [1.807, 2.05) is 19.1 Å². The standard InChI is InChI=1S/C14H18ClN3O2S/c1-10-5-4-6-16-13(10)18(9-12(19-2)20-3)8-11-7-17-14(15)21-11/h4-7,12H,8-9H2,1-3H3. The van der Waals surface area contributed by atoms with Crippen molar-refractivity contribution in [1.82, 2.24) is 9.97 Å². The molecule has 5 nitrogen and oxygen atoms in total. The van der Waals surface area contributed by atoms with Crippen LogP contribution in [0.15, 0.2) is 24.5 Å². The average Bonchev–Trinajstić information content (AvgIpc) is 2.89. The minimum Gasteiger partial charge on any atom is -0.354 e. The summed E-state index contributed by atoms with van der Waals surface area (Å²) >= 11 is 7.37. The summed E-state index contributed by atoms with van der Waals surface area (Å²) in [6, 6.07) is 3.95. The first-order chi connectivity index (χ1) is 10.1. The number of pyridine rings is 1. The molecule has 0 aliphatic heterocycles. The Hall–Kier alpha value is -1.21. The molecule has 114 valence electrons. The Balaban J connectivity index is 2.23. The smallest absolute Gasteiger partial charge is 0.183 e. The Morgan fingerprint density at radius 1 is 1.33 bits per heavy atom. The Labute approximate surface area is 133 Å². The number of nitrogens with zero attached hydrogens (tertiary/aromatic N) is 3. The summed E-state index contributed by atoms with van der Waals surface area (Å²) in [7, 11) is 3.25. The van der Waals surface area contributed by atoms with Crippen molar-refractivity contribution in [3.63, 3.8) is 0 Å². The molecule has 21 heavy (non-hydrogen) atoms. The lowest BCUT2D eigenvalue weighted by Gasteiger charge is -2.27. The third-order valence-electron chi connectivity index (χ3n) is 3.05. The zero-order valence-corrected chi connectivity index (χ0v) is 13.8. The van der Waals surface area contributed by atoms with E-state index in [0.717, 1.165) is 16.3 Å². The molecule has 0 aliphatic carbocycles. The van der Waals surface area contributed by atoms with E-state index < -0.39 is 0 Å². The number of anilines is 1. The molecule has 0 amide bonds. The summed E-state index contributed by atoms with van der Waals surface area (Å²) in [5, 5.41) is 0. The molecule has 0 aliphatic rings. The average molecular weight is 328 g/mol. The van der Waals surface area contributed by atoms with Crippen LogP contribution in [0, 0.1) is 6.92 Å². The SMILES string of the molecule is COC(CN(Cc1cnc(Cl)s1)c1ncccc1C)OC. The molecule has 0 aromatic carbocycles. The number of ether oxygens (including phenoxy) is 2. The number of methoxy groups -OCH3 is 2. The van der Waals surface area contributed by atoms with Crippen molar-refractivity contribution in [2.24, 2.45) is 0 Å². The van der Waals surface area contributed by atoms with E-state index in [4.69, 9.17) is 21.1 Å². The highest BCUT2D eigenvalue weighted by molar-refractivity contribution is 7.15. The van der Waals surface area contributed by atoms with E-state index in [2.05, 4.69) is 14.9 Å². The third kappa shape index (κ3) is 4.38. The van der Waals surface area contributed by atoms with Crippen molar-refractivity contribution in [3.05, 3.63) is 39.4 Å².